The van der Waals surface area contributed by atoms with Crippen molar-refractivity contribution in [2.24, 2.45) is 0 Å². The average Bonchev–Trinajstić information content (AvgIpc) is 2.28. The first-order valence-corrected chi connectivity index (χ1v) is 5.78. The first-order chi connectivity index (χ1) is 7.31. The average molecular weight is 207 g/mol. The van der Waals surface area contributed by atoms with Gasteiger partial charge in [-0.2, -0.15) is 5.26 Å². The van der Waals surface area contributed by atoms with E-state index >= 15 is 0 Å². The molecule has 3 heteroatoms. The molecular formula is C12H21N3. The maximum atomic E-state index is 9.06. The fourth-order valence-electron chi connectivity index (χ4n) is 2.04. The molecule has 0 aliphatic carbocycles. The highest BCUT2D eigenvalue weighted by molar-refractivity contribution is 4.93. The zero-order valence-electron chi connectivity index (χ0n) is 9.65. The van der Waals surface area contributed by atoms with Crippen LogP contribution >= 0.6 is 0 Å². The van der Waals surface area contributed by atoms with Crippen molar-refractivity contribution >= 4 is 0 Å². The van der Waals surface area contributed by atoms with Crippen molar-refractivity contribution in [2.45, 2.75) is 25.8 Å². The molecule has 1 fully saturated rings. The molecule has 0 radical (unpaired) electrons. The van der Waals surface area contributed by atoms with E-state index in [-0.39, 0.29) is 6.04 Å². The topological polar surface area (TPSA) is 30.3 Å². The van der Waals surface area contributed by atoms with Gasteiger partial charge in [-0.25, -0.2) is 0 Å². The van der Waals surface area contributed by atoms with E-state index in [4.69, 9.17) is 5.26 Å². The quantitative estimate of drug-likeness (QED) is 0.640. The molecule has 1 unspecified atom stereocenters. The van der Waals surface area contributed by atoms with E-state index in [1.165, 1.54) is 0 Å². The first kappa shape index (κ1) is 12.2. The zero-order valence-corrected chi connectivity index (χ0v) is 9.65. The van der Waals surface area contributed by atoms with Gasteiger partial charge in [-0.1, -0.05) is 19.4 Å². The van der Waals surface area contributed by atoms with Crippen LogP contribution in [0.25, 0.3) is 0 Å². The second-order valence-electron chi connectivity index (χ2n) is 4.06. The molecule has 0 aromatic rings. The largest absolute Gasteiger partial charge is 0.297 e. The third-order valence-corrected chi connectivity index (χ3v) is 2.95. The highest BCUT2D eigenvalue weighted by atomic mass is 15.3. The zero-order chi connectivity index (χ0) is 11.1. The van der Waals surface area contributed by atoms with Gasteiger partial charge in [0, 0.05) is 32.7 Å². The van der Waals surface area contributed by atoms with Crippen LogP contribution in [0.4, 0.5) is 0 Å². The van der Waals surface area contributed by atoms with Gasteiger partial charge in [-0.15, -0.1) is 6.58 Å². The fraction of sp³-hybridized carbons (Fsp3) is 0.750. The lowest BCUT2D eigenvalue weighted by molar-refractivity contribution is 0.119. The molecule has 0 spiro atoms. The first-order valence-electron chi connectivity index (χ1n) is 5.78. The number of rotatable bonds is 5. The van der Waals surface area contributed by atoms with Gasteiger partial charge in [0.15, 0.2) is 0 Å². The third-order valence-electron chi connectivity index (χ3n) is 2.95. The van der Waals surface area contributed by atoms with Gasteiger partial charge in [-0.3, -0.25) is 9.80 Å². The predicted molar refractivity (Wildman–Crippen MR) is 62.5 cm³/mol. The van der Waals surface area contributed by atoms with Gasteiger partial charge in [0.25, 0.3) is 0 Å². The second kappa shape index (κ2) is 6.60. The molecule has 0 amide bonds. The summed E-state index contributed by atoms with van der Waals surface area (Å²) >= 11 is 0. The van der Waals surface area contributed by atoms with Crippen LogP contribution in [0.5, 0.6) is 0 Å². The summed E-state index contributed by atoms with van der Waals surface area (Å²) < 4.78 is 0. The number of hydrogen-bond acceptors (Lipinski definition) is 3. The van der Waals surface area contributed by atoms with Gasteiger partial charge in [-0.05, 0) is 6.42 Å². The SMILES string of the molecule is C=CCN1CCN(C(C#N)CCC)CC1. The number of hydrogen-bond donors (Lipinski definition) is 0. The molecule has 0 N–H and O–H groups in total. The highest BCUT2D eigenvalue weighted by Crippen LogP contribution is 2.10. The van der Waals surface area contributed by atoms with Crippen molar-refractivity contribution in [2.75, 3.05) is 32.7 Å². The highest BCUT2D eigenvalue weighted by Gasteiger charge is 2.22. The molecule has 3 nitrogen and oxygen atoms in total. The summed E-state index contributed by atoms with van der Waals surface area (Å²) in [5, 5.41) is 9.06. The Balaban J connectivity index is 2.35. The molecule has 0 saturated carbocycles. The maximum Gasteiger partial charge on any atom is 0.0978 e. The summed E-state index contributed by atoms with van der Waals surface area (Å²) in [7, 11) is 0. The number of nitriles is 1. The van der Waals surface area contributed by atoms with Gasteiger partial charge in [0.2, 0.25) is 0 Å². The number of nitrogens with zero attached hydrogens (tertiary/aromatic N) is 3. The van der Waals surface area contributed by atoms with Crippen molar-refractivity contribution in [3.05, 3.63) is 12.7 Å². The van der Waals surface area contributed by atoms with Gasteiger partial charge >= 0.3 is 0 Å². The van der Waals surface area contributed by atoms with Crippen molar-refractivity contribution in [3.8, 4) is 6.07 Å². The van der Waals surface area contributed by atoms with Gasteiger partial charge in [0.1, 0.15) is 0 Å². The minimum Gasteiger partial charge on any atom is -0.297 e. The molecule has 1 aliphatic rings. The van der Waals surface area contributed by atoms with E-state index in [1.807, 2.05) is 6.08 Å². The Morgan fingerprint density at radius 2 is 2.07 bits per heavy atom. The molecule has 84 valence electrons. The van der Waals surface area contributed by atoms with Crippen LogP contribution < -0.4 is 0 Å². The van der Waals surface area contributed by atoms with Crippen LogP contribution in [0.15, 0.2) is 12.7 Å². The molecule has 15 heavy (non-hydrogen) atoms. The Labute approximate surface area is 93.0 Å². The predicted octanol–water partition coefficient (Wildman–Crippen LogP) is 1.48. The van der Waals surface area contributed by atoms with Gasteiger partial charge in [0.05, 0.1) is 12.1 Å². The monoisotopic (exact) mass is 207 g/mol. The van der Waals surface area contributed by atoms with E-state index in [9.17, 15) is 0 Å². The van der Waals surface area contributed by atoms with Gasteiger partial charge < -0.3 is 0 Å². The Morgan fingerprint density at radius 3 is 2.53 bits per heavy atom. The summed E-state index contributed by atoms with van der Waals surface area (Å²) in [4.78, 5) is 4.69. The lowest BCUT2D eigenvalue weighted by Crippen LogP contribution is -2.49. The van der Waals surface area contributed by atoms with Crippen molar-refractivity contribution in [1.29, 1.82) is 5.26 Å². The molecule has 1 atom stereocenters. The van der Waals surface area contributed by atoms with E-state index in [2.05, 4.69) is 29.4 Å². The summed E-state index contributed by atoms with van der Waals surface area (Å²) in [5.41, 5.74) is 0. The van der Waals surface area contributed by atoms with Crippen LogP contribution in [0.2, 0.25) is 0 Å². The van der Waals surface area contributed by atoms with E-state index in [1.54, 1.807) is 0 Å². The smallest absolute Gasteiger partial charge is 0.0978 e. The van der Waals surface area contributed by atoms with Crippen molar-refractivity contribution < 1.29 is 0 Å². The fourth-order valence-corrected chi connectivity index (χ4v) is 2.04. The van der Waals surface area contributed by atoms with Crippen molar-refractivity contribution in [1.82, 2.24) is 9.80 Å². The van der Waals surface area contributed by atoms with Crippen LogP contribution in [0.1, 0.15) is 19.8 Å². The Kier molecular flexibility index (Phi) is 5.38. The molecule has 1 rings (SSSR count). The Hall–Kier alpha value is -0.850. The Morgan fingerprint density at radius 1 is 1.40 bits per heavy atom. The van der Waals surface area contributed by atoms with Crippen molar-refractivity contribution in [3.63, 3.8) is 0 Å². The standard InChI is InChI=1S/C12H21N3/c1-3-5-12(11-13)15-9-7-14(6-4-2)8-10-15/h4,12H,2-3,5-10H2,1H3. The van der Waals surface area contributed by atoms with Crippen LogP contribution in [-0.4, -0.2) is 48.6 Å². The van der Waals surface area contributed by atoms with Crippen LogP contribution in [0, 0.1) is 11.3 Å². The molecule has 0 aromatic heterocycles. The summed E-state index contributed by atoms with van der Waals surface area (Å²) in [6.07, 6.45) is 4.03. The molecule has 1 heterocycles. The Bertz CT molecular complexity index is 224. The minimum atomic E-state index is 0.126. The second-order valence-corrected chi connectivity index (χ2v) is 4.06. The molecule has 0 bridgehead atoms. The van der Waals surface area contributed by atoms with Crippen LogP contribution in [-0.2, 0) is 0 Å². The lowest BCUT2D eigenvalue weighted by atomic mass is 10.1. The van der Waals surface area contributed by atoms with E-state index in [0.717, 1.165) is 45.6 Å². The summed E-state index contributed by atoms with van der Waals surface area (Å²) in [6, 6.07) is 2.53. The normalized spacial score (nSPS) is 20.8. The van der Waals surface area contributed by atoms with E-state index < -0.39 is 0 Å². The molecule has 1 aliphatic heterocycles. The molecule has 1 saturated heterocycles. The maximum absolute atomic E-state index is 9.06. The van der Waals surface area contributed by atoms with Crippen LogP contribution in [0.3, 0.4) is 0 Å². The van der Waals surface area contributed by atoms with E-state index in [0.29, 0.717) is 0 Å². The minimum absolute atomic E-state index is 0.126. The summed E-state index contributed by atoms with van der Waals surface area (Å²) in [6.45, 7) is 11.0. The third kappa shape index (κ3) is 3.65. The lowest BCUT2D eigenvalue weighted by Gasteiger charge is -2.36. The molecular weight excluding hydrogens is 186 g/mol. The summed E-state index contributed by atoms with van der Waals surface area (Å²) in [5.74, 6) is 0. The number of piperazine rings is 1. The molecule has 0 aromatic carbocycles.